The molecule has 1 aliphatic rings. The first kappa shape index (κ1) is 15.6. The first-order valence-electron chi connectivity index (χ1n) is 8.54. The van der Waals surface area contributed by atoms with Crippen LogP contribution >= 0.6 is 0 Å². The summed E-state index contributed by atoms with van der Waals surface area (Å²) in [5.41, 5.74) is 2.99. The van der Waals surface area contributed by atoms with Crippen molar-refractivity contribution in [2.24, 2.45) is 0 Å². The summed E-state index contributed by atoms with van der Waals surface area (Å²) in [7, 11) is 1.68. The second-order valence-electron chi connectivity index (χ2n) is 6.25. The minimum absolute atomic E-state index is 0.769. The zero-order chi connectivity index (χ0) is 17.2. The minimum atomic E-state index is 0.769. The lowest BCUT2D eigenvalue weighted by Gasteiger charge is -2.10. The normalized spacial score (nSPS) is 14.0. The molecule has 0 saturated carbocycles. The average molecular weight is 335 g/mol. The molecule has 3 heterocycles. The summed E-state index contributed by atoms with van der Waals surface area (Å²) in [6, 6.07) is 6.10. The molecule has 0 radical (unpaired) electrons. The molecule has 0 N–H and O–H groups in total. The van der Waals surface area contributed by atoms with E-state index in [0.717, 1.165) is 47.3 Å². The summed E-state index contributed by atoms with van der Waals surface area (Å²) >= 11 is 0. The molecule has 0 saturated heterocycles. The van der Waals surface area contributed by atoms with Gasteiger partial charge in [-0.05, 0) is 43.5 Å². The molecule has 0 fully saturated rings. The Kier molecular flexibility index (Phi) is 4.09. The number of nitrogens with zero attached hydrogens (tertiary/aromatic N) is 5. The molecule has 128 valence electrons. The van der Waals surface area contributed by atoms with Crippen molar-refractivity contribution in [2.75, 3.05) is 7.11 Å². The van der Waals surface area contributed by atoms with Crippen LogP contribution in [0.4, 0.5) is 0 Å². The van der Waals surface area contributed by atoms with Crippen LogP contribution in [0.2, 0.25) is 0 Å². The Balaban J connectivity index is 1.59. The van der Waals surface area contributed by atoms with Crippen molar-refractivity contribution in [1.29, 1.82) is 0 Å². The van der Waals surface area contributed by atoms with Crippen LogP contribution in [0.1, 0.15) is 35.7 Å². The zero-order valence-corrected chi connectivity index (χ0v) is 14.5. The SMILES string of the molecule is COc1cc(/C=C/c2nc3n(n2)CCCC3)ccc1-n1cnc(C)c1. The van der Waals surface area contributed by atoms with Crippen LogP contribution in [-0.2, 0) is 13.0 Å². The molecule has 6 nitrogen and oxygen atoms in total. The van der Waals surface area contributed by atoms with Gasteiger partial charge in [-0.1, -0.05) is 12.1 Å². The molecule has 0 bridgehead atoms. The monoisotopic (exact) mass is 335 g/mol. The second kappa shape index (κ2) is 6.55. The number of aromatic nitrogens is 5. The molecule has 0 spiro atoms. The van der Waals surface area contributed by atoms with Crippen LogP contribution in [0.3, 0.4) is 0 Å². The highest BCUT2D eigenvalue weighted by Gasteiger charge is 2.12. The lowest BCUT2D eigenvalue weighted by molar-refractivity contribution is 0.413. The Labute approximate surface area is 146 Å². The lowest BCUT2D eigenvalue weighted by atomic mass is 10.1. The summed E-state index contributed by atoms with van der Waals surface area (Å²) in [4.78, 5) is 8.87. The van der Waals surface area contributed by atoms with Crippen molar-refractivity contribution in [1.82, 2.24) is 24.3 Å². The molecular weight excluding hydrogens is 314 g/mol. The van der Waals surface area contributed by atoms with Crippen molar-refractivity contribution in [2.45, 2.75) is 32.7 Å². The molecule has 2 aromatic heterocycles. The smallest absolute Gasteiger partial charge is 0.174 e. The molecule has 4 rings (SSSR count). The van der Waals surface area contributed by atoms with Crippen LogP contribution in [0.15, 0.2) is 30.7 Å². The molecule has 6 heteroatoms. The molecule has 1 aromatic carbocycles. The van der Waals surface area contributed by atoms with E-state index in [2.05, 4.69) is 21.1 Å². The fraction of sp³-hybridized carbons (Fsp3) is 0.316. The van der Waals surface area contributed by atoms with E-state index in [1.807, 2.05) is 46.7 Å². The van der Waals surface area contributed by atoms with Crippen molar-refractivity contribution >= 4 is 12.2 Å². The van der Waals surface area contributed by atoms with Crippen LogP contribution in [0.25, 0.3) is 17.8 Å². The van der Waals surface area contributed by atoms with Crippen molar-refractivity contribution in [3.8, 4) is 11.4 Å². The van der Waals surface area contributed by atoms with Gasteiger partial charge in [-0.2, -0.15) is 5.10 Å². The Bertz CT molecular complexity index is 898. The van der Waals surface area contributed by atoms with Gasteiger partial charge in [0, 0.05) is 19.2 Å². The van der Waals surface area contributed by atoms with E-state index in [1.165, 1.54) is 12.8 Å². The highest BCUT2D eigenvalue weighted by atomic mass is 16.5. The number of methoxy groups -OCH3 is 1. The van der Waals surface area contributed by atoms with Crippen LogP contribution in [0, 0.1) is 6.92 Å². The number of rotatable bonds is 4. The number of fused-ring (bicyclic) bond motifs is 1. The maximum absolute atomic E-state index is 5.55. The minimum Gasteiger partial charge on any atom is -0.495 e. The summed E-state index contributed by atoms with van der Waals surface area (Å²) in [5, 5.41) is 4.55. The van der Waals surface area contributed by atoms with Gasteiger partial charge in [-0.15, -0.1) is 0 Å². The fourth-order valence-electron chi connectivity index (χ4n) is 3.11. The summed E-state index contributed by atoms with van der Waals surface area (Å²) in [5.74, 6) is 2.66. The van der Waals surface area contributed by atoms with Crippen LogP contribution < -0.4 is 4.74 Å². The van der Waals surface area contributed by atoms with Crippen LogP contribution in [-0.4, -0.2) is 31.4 Å². The number of ether oxygens (including phenoxy) is 1. The predicted octanol–water partition coefficient (Wildman–Crippen LogP) is 3.29. The Morgan fingerprint density at radius 2 is 2.12 bits per heavy atom. The quantitative estimate of drug-likeness (QED) is 0.734. The van der Waals surface area contributed by atoms with E-state index in [0.29, 0.717) is 0 Å². The van der Waals surface area contributed by atoms with Crippen molar-refractivity contribution in [3.63, 3.8) is 0 Å². The van der Waals surface area contributed by atoms with Gasteiger partial charge in [-0.25, -0.2) is 14.6 Å². The summed E-state index contributed by atoms with van der Waals surface area (Å²) < 4.78 is 9.54. The molecule has 0 amide bonds. The predicted molar refractivity (Wildman–Crippen MR) is 96.7 cm³/mol. The Morgan fingerprint density at radius 1 is 1.20 bits per heavy atom. The summed E-state index contributed by atoms with van der Waals surface area (Å²) in [6.07, 6.45) is 11.2. The molecule has 25 heavy (non-hydrogen) atoms. The van der Waals surface area contributed by atoms with Gasteiger partial charge >= 0.3 is 0 Å². The largest absolute Gasteiger partial charge is 0.495 e. The van der Waals surface area contributed by atoms with Gasteiger partial charge in [-0.3, -0.25) is 0 Å². The number of imidazole rings is 1. The molecule has 3 aromatic rings. The van der Waals surface area contributed by atoms with Crippen molar-refractivity contribution < 1.29 is 4.74 Å². The van der Waals surface area contributed by atoms with E-state index < -0.39 is 0 Å². The highest BCUT2D eigenvalue weighted by molar-refractivity contribution is 5.69. The third kappa shape index (κ3) is 3.20. The summed E-state index contributed by atoms with van der Waals surface area (Å²) in [6.45, 7) is 2.95. The van der Waals surface area contributed by atoms with E-state index in [1.54, 1.807) is 13.4 Å². The first-order valence-corrected chi connectivity index (χ1v) is 8.54. The van der Waals surface area contributed by atoms with E-state index in [-0.39, 0.29) is 0 Å². The maximum atomic E-state index is 5.55. The fourth-order valence-corrected chi connectivity index (χ4v) is 3.11. The third-order valence-corrected chi connectivity index (χ3v) is 4.40. The van der Waals surface area contributed by atoms with E-state index in [9.17, 15) is 0 Å². The number of aryl methyl sites for hydroxylation is 3. The Morgan fingerprint density at radius 3 is 2.88 bits per heavy atom. The standard InChI is InChI=1S/C19H21N5O/c1-14-12-23(13-20-14)16-8-6-15(11-17(16)25-2)7-9-18-21-19-5-3-4-10-24(19)22-18/h6-9,11-13H,3-5,10H2,1-2H3/b9-7+. The number of hydrogen-bond donors (Lipinski definition) is 0. The van der Waals surface area contributed by atoms with Crippen LogP contribution in [0.5, 0.6) is 5.75 Å². The topological polar surface area (TPSA) is 57.8 Å². The molecule has 0 atom stereocenters. The first-order chi connectivity index (χ1) is 12.2. The van der Waals surface area contributed by atoms with Gasteiger partial charge in [0.05, 0.1) is 24.8 Å². The van der Waals surface area contributed by atoms with Gasteiger partial charge in [0.1, 0.15) is 11.6 Å². The zero-order valence-electron chi connectivity index (χ0n) is 14.5. The van der Waals surface area contributed by atoms with Gasteiger partial charge in [0.25, 0.3) is 0 Å². The lowest BCUT2D eigenvalue weighted by Crippen LogP contribution is -2.11. The number of hydrogen-bond acceptors (Lipinski definition) is 4. The molecule has 0 aliphatic carbocycles. The molecular formula is C19H21N5O. The number of benzene rings is 1. The van der Waals surface area contributed by atoms with E-state index >= 15 is 0 Å². The molecule has 1 aliphatic heterocycles. The maximum Gasteiger partial charge on any atom is 0.174 e. The van der Waals surface area contributed by atoms with E-state index in [4.69, 9.17) is 4.74 Å². The van der Waals surface area contributed by atoms with Gasteiger partial charge in [0.15, 0.2) is 5.82 Å². The van der Waals surface area contributed by atoms with Gasteiger partial charge in [0.2, 0.25) is 0 Å². The highest BCUT2D eigenvalue weighted by Crippen LogP contribution is 2.25. The molecule has 0 unspecified atom stereocenters. The van der Waals surface area contributed by atoms with Crippen molar-refractivity contribution in [3.05, 3.63) is 53.6 Å². The Hall–Kier alpha value is -2.89. The second-order valence-corrected chi connectivity index (χ2v) is 6.25. The van der Waals surface area contributed by atoms with Gasteiger partial charge < -0.3 is 9.30 Å². The third-order valence-electron chi connectivity index (χ3n) is 4.40. The average Bonchev–Trinajstić information content (AvgIpc) is 3.25.